The van der Waals surface area contributed by atoms with Crippen molar-refractivity contribution in [2.24, 2.45) is 40.2 Å². The van der Waals surface area contributed by atoms with Crippen LogP contribution < -0.4 is 42.5 Å². The third-order valence-electron chi connectivity index (χ3n) is 22.5. The van der Waals surface area contributed by atoms with Crippen molar-refractivity contribution in [1.82, 2.24) is 41.6 Å². The number of aliphatic hydroxyl groups excluding tert-OH is 1. The summed E-state index contributed by atoms with van der Waals surface area (Å²) in [5.74, 6) is -2.93. The monoisotopic (exact) mass is 1450 g/mol. The quantitative estimate of drug-likeness (QED) is 0.0166. The first kappa shape index (κ1) is 78.9. The fraction of sp³-hybridized carbons (Fsp3) is 0.582. The Morgan fingerprint density at radius 3 is 2.32 bits per heavy atom. The Kier molecular flexibility index (Phi) is 25.1. The van der Waals surface area contributed by atoms with E-state index in [0.717, 1.165) is 59.3 Å². The van der Waals surface area contributed by atoms with Crippen LogP contribution in [0.3, 0.4) is 0 Å². The number of urea groups is 1. The van der Waals surface area contributed by atoms with E-state index < -0.39 is 101 Å². The van der Waals surface area contributed by atoms with Gasteiger partial charge >= 0.3 is 12.1 Å². The molecule has 4 fully saturated rings. The number of aromatic nitrogens is 3. The summed E-state index contributed by atoms with van der Waals surface area (Å²) in [6, 6.07) is 19.3. The summed E-state index contributed by atoms with van der Waals surface area (Å²) < 4.78 is 32.8. The topological polar surface area (TPSA) is 352 Å². The number of para-hydroxylation sites is 1. The van der Waals surface area contributed by atoms with Gasteiger partial charge in [0.15, 0.2) is 23.5 Å². The van der Waals surface area contributed by atoms with Gasteiger partial charge in [-0.3, -0.25) is 38.9 Å². The summed E-state index contributed by atoms with van der Waals surface area (Å²) in [5.41, 5.74) is 8.07. The molecule has 26 heteroatoms. The van der Waals surface area contributed by atoms with Crippen molar-refractivity contribution in [1.29, 1.82) is 0 Å². The molecule has 3 aromatic carbocycles. The third-order valence-corrected chi connectivity index (χ3v) is 22.5. The number of aliphatic hydroxyl groups is 1. The van der Waals surface area contributed by atoms with Crippen LogP contribution in [-0.2, 0) is 70.4 Å². The number of benzene rings is 3. The van der Waals surface area contributed by atoms with Gasteiger partial charge in [-0.15, -0.1) is 5.10 Å². The van der Waals surface area contributed by atoms with Gasteiger partial charge in [0.05, 0.1) is 41.8 Å². The minimum Gasteiger partial charge on any atom is -0.445 e. The number of nitrogens with zero attached hydrogens (tertiary/aromatic N) is 4. The smallest absolute Gasteiger partial charge is 0.409 e. The van der Waals surface area contributed by atoms with Gasteiger partial charge in [-0.2, -0.15) is 0 Å². The number of ketones is 2. The maximum atomic E-state index is 14.7. The number of carbonyl (C=O) groups is 9. The molecule has 1 saturated heterocycles. The number of primary amides is 1. The molecule has 0 bridgehead atoms. The second-order valence-electron chi connectivity index (χ2n) is 31.2. The van der Waals surface area contributed by atoms with Gasteiger partial charge in [-0.1, -0.05) is 119 Å². The minimum atomic E-state index is -1.39. The minimum absolute atomic E-state index is 0.00204. The number of alkyl carbamates (subject to hydrolysis) is 1. The second kappa shape index (κ2) is 33.4. The Labute approximate surface area is 615 Å². The molecule has 6 aliphatic rings. The summed E-state index contributed by atoms with van der Waals surface area (Å²) in [6.45, 7) is 21.1. The molecule has 3 saturated carbocycles. The number of fused-ring (bicyclic) bond motifs is 12. The van der Waals surface area contributed by atoms with Crippen LogP contribution in [0.15, 0.2) is 96.6 Å². The normalized spacial score (nSPS) is 24.4. The van der Waals surface area contributed by atoms with Crippen LogP contribution in [0.2, 0.25) is 0 Å². The molecule has 105 heavy (non-hydrogen) atoms. The summed E-state index contributed by atoms with van der Waals surface area (Å²) >= 11 is 0. The number of rotatable bonds is 32. The first-order valence-electron chi connectivity index (χ1n) is 37.3. The summed E-state index contributed by atoms with van der Waals surface area (Å²) in [7, 11) is 0. The van der Waals surface area contributed by atoms with E-state index in [1.165, 1.54) is 0 Å². The standard InChI is InChI=1S/C79H107N11O15/c1-12-19-66-104-62-41-57-55-30-27-51-40-53(91)33-36-77(51,10)67(55)60(92)42-78(57,11)79(62,105-66)61(93)45-101-46-82-74(100)102-44-49-25-28-52(29-26-49)83-71(97)58(23-18-38-81-73(80)99)84-72(98)68(47(3)4)85-63(94)34-35-76(8,9)103-39-37-75(6,7)86-64(95)31-32-65(96)89-43-50-20-14-15-21-54(50)69-70(56-22-16-17-24-59(56)89)90(88-87-69)48(5)13-2/h14-17,20-22,24-26,28-29,33,36,40,47-48,55,57-58,60,62,66-68,92H,12-13,18-19,23,27,30-32,34-35,37-39,41-46H2,1-11H3,(H,82,100)(H,83,97)(H,84,98)(H,85,94)(H,86,95)(H3,80,81,99)/t48?,55-,57?,58-,60-,62+,66?,67+,68-,77-,78-,79+/m0/s1. The lowest BCUT2D eigenvalue weighted by Gasteiger charge is -2.59. The van der Waals surface area contributed by atoms with E-state index in [2.05, 4.69) is 63.0 Å². The molecular weight excluding hydrogens is 1340 g/mol. The van der Waals surface area contributed by atoms with Crippen molar-refractivity contribution >= 4 is 64.6 Å². The lowest BCUT2D eigenvalue weighted by molar-refractivity contribution is -0.201. The number of hydrogen-bond donors (Lipinski definition) is 8. The van der Waals surface area contributed by atoms with Gasteiger partial charge in [0, 0.05) is 71.5 Å². The fourth-order valence-electron chi connectivity index (χ4n) is 16.7. The van der Waals surface area contributed by atoms with Gasteiger partial charge < -0.3 is 66.0 Å². The highest BCUT2D eigenvalue weighted by Crippen LogP contribution is 2.70. The van der Waals surface area contributed by atoms with Crippen LogP contribution in [0, 0.1) is 34.5 Å². The van der Waals surface area contributed by atoms with Crippen molar-refractivity contribution in [2.45, 2.75) is 233 Å². The highest BCUT2D eigenvalue weighted by molar-refractivity contribution is 6.03. The molecule has 2 aliphatic heterocycles. The van der Waals surface area contributed by atoms with E-state index in [-0.39, 0.29) is 119 Å². The molecule has 26 nitrogen and oxygen atoms in total. The van der Waals surface area contributed by atoms with Gasteiger partial charge in [-0.25, -0.2) is 14.3 Å². The zero-order valence-corrected chi connectivity index (χ0v) is 62.6. The largest absolute Gasteiger partial charge is 0.445 e. The number of carbonyl (C=O) groups excluding carboxylic acids is 9. The number of allylic oxidation sites excluding steroid dienone is 4. The number of amides is 8. The average Bonchev–Trinajstić information content (AvgIpc) is 1.53. The van der Waals surface area contributed by atoms with Crippen LogP contribution in [0.5, 0.6) is 0 Å². The molecule has 0 spiro atoms. The maximum Gasteiger partial charge on any atom is 0.409 e. The number of nitrogens with two attached hydrogens (primary N) is 1. The second-order valence-corrected chi connectivity index (χ2v) is 31.2. The number of Topliss-reactive ketones (excluding diaryl/α,β-unsaturated/α-hetero) is 1. The predicted molar refractivity (Wildman–Crippen MR) is 393 cm³/mol. The Hall–Kier alpha value is -8.69. The molecular formula is C79H107N11O15. The number of nitrogens with one attached hydrogen (secondary N) is 6. The Bertz CT molecular complexity index is 3930. The first-order valence-corrected chi connectivity index (χ1v) is 37.3. The van der Waals surface area contributed by atoms with Gasteiger partial charge in [0.2, 0.25) is 29.5 Å². The predicted octanol–water partition coefficient (Wildman–Crippen LogP) is 9.72. The molecule has 4 aliphatic carbocycles. The van der Waals surface area contributed by atoms with E-state index in [4.69, 9.17) is 29.4 Å². The van der Waals surface area contributed by atoms with E-state index in [9.17, 15) is 48.3 Å². The van der Waals surface area contributed by atoms with Crippen LogP contribution >= 0.6 is 0 Å². The van der Waals surface area contributed by atoms with Crippen LogP contribution in [-0.4, -0.2) is 147 Å². The summed E-state index contributed by atoms with van der Waals surface area (Å²) in [6.07, 6.45) is 8.08. The molecule has 1 aromatic heterocycles. The summed E-state index contributed by atoms with van der Waals surface area (Å²) in [4.78, 5) is 123. The lowest BCUT2D eigenvalue weighted by Crippen LogP contribution is -2.63. The zero-order chi connectivity index (χ0) is 75.8. The lowest BCUT2D eigenvalue weighted by atomic mass is 9.46. The molecule has 9 N–H and O–H groups in total. The van der Waals surface area contributed by atoms with Crippen LogP contribution in [0.4, 0.5) is 21.0 Å². The Morgan fingerprint density at radius 1 is 0.867 bits per heavy atom. The van der Waals surface area contributed by atoms with E-state index >= 15 is 0 Å². The van der Waals surface area contributed by atoms with Gasteiger partial charge in [0.1, 0.15) is 37.7 Å². The van der Waals surface area contributed by atoms with Crippen LogP contribution in [0.25, 0.3) is 22.5 Å². The molecule has 0 radical (unpaired) electrons. The number of hydrogen-bond acceptors (Lipinski definition) is 17. The number of anilines is 2. The van der Waals surface area contributed by atoms with Gasteiger partial charge in [-0.05, 0) is 158 Å². The van der Waals surface area contributed by atoms with E-state index in [1.807, 2.05) is 101 Å². The molecule has 8 amide bonds. The van der Waals surface area contributed by atoms with Crippen molar-refractivity contribution in [2.75, 3.05) is 36.7 Å². The Balaban J connectivity index is 0.655. The molecule has 568 valence electrons. The van der Waals surface area contributed by atoms with Crippen LogP contribution in [0.1, 0.15) is 183 Å². The number of ether oxygens (including phenoxy) is 5. The van der Waals surface area contributed by atoms with Crippen molar-refractivity contribution in [3.05, 3.63) is 108 Å². The summed E-state index contributed by atoms with van der Waals surface area (Å²) in [5, 5.41) is 37.9. The average molecular weight is 1450 g/mol. The highest BCUT2D eigenvalue weighted by Gasteiger charge is 2.76. The maximum absolute atomic E-state index is 14.7. The molecule has 10 rings (SSSR count). The Morgan fingerprint density at radius 2 is 1.60 bits per heavy atom. The van der Waals surface area contributed by atoms with Gasteiger partial charge in [0.25, 0.3) is 0 Å². The van der Waals surface area contributed by atoms with Crippen molar-refractivity contribution in [3.63, 3.8) is 0 Å². The first-order chi connectivity index (χ1) is 49.9. The van der Waals surface area contributed by atoms with E-state index in [1.54, 1.807) is 55.2 Å². The molecule has 12 atom stereocenters. The molecule has 4 aromatic rings. The third kappa shape index (κ3) is 17.7. The fourth-order valence-corrected chi connectivity index (χ4v) is 16.7. The van der Waals surface area contributed by atoms with Crippen molar-refractivity contribution in [3.8, 4) is 22.5 Å². The molecule has 3 heterocycles. The SMILES string of the molecule is CCCC1O[C@@H]2CC3[C@@H]4CCC5=CC(=O)C=C[C@]5(C)[C@H]4[C@@H](O)C[C@]3(C)[C@]2(C(=O)COCNC(=O)OCc2ccc(NC(=O)[C@H](CCCNC(N)=O)NC(=O)[C@@H](NC(=O)CCC(C)(C)OCCC(C)(C)NC(=O)CCC(=O)N3Cc4ccccc4-c4nnn(C(C)CC)c4-c4ccccc43)C(C)C)cc2)O1. The van der Waals surface area contributed by atoms with E-state index in [0.29, 0.717) is 42.6 Å². The molecule has 3 unspecified atom stereocenters. The van der Waals surface area contributed by atoms with Crippen molar-refractivity contribution < 1.29 is 71.9 Å². The highest BCUT2D eigenvalue weighted by atomic mass is 16.7. The zero-order valence-electron chi connectivity index (χ0n) is 62.6.